The molecule has 0 aromatic rings. The molecule has 7 atom stereocenters. The monoisotopic (exact) mass is 515 g/mol. The van der Waals surface area contributed by atoms with Gasteiger partial charge in [0, 0.05) is 24.3 Å². The van der Waals surface area contributed by atoms with Crippen LogP contribution in [0.3, 0.4) is 0 Å². The SMILES string of the molecule is CC(=O)O[C@]1(ON=O)C[C@H]2C(C)(C)CCC[C@]2(C)C2=C1[C@]1(C)CC[C@H]([C@H](C)CCCC(C)C)[C@@]1(C)CC2. The first-order chi connectivity index (χ1) is 17.2. The van der Waals surface area contributed by atoms with Gasteiger partial charge in [0.05, 0.1) is 0 Å². The molecule has 2 saturated carbocycles. The highest BCUT2D eigenvalue weighted by Crippen LogP contribution is 2.74. The van der Waals surface area contributed by atoms with Crippen LogP contribution in [0, 0.1) is 50.2 Å². The van der Waals surface area contributed by atoms with Crippen LogP contribution in [0.15, 0.2) is 16.5 Å². The normalized spacial score (nSPS) is 41.5. The zero-order valence-corrected chi connectivity index (χ0v) is 25.2. The number of allylic oxidation sites excluding steroid dienone is 1. The van der Waals surface area contributed by atoms with E-state index in [-0.39, 0.29) is 27.6 Å². The highest BCUT2D eigenvalue weighted by molar-refractivity contribution is 5.67. The minimum Gasteiger partial charge on any atom is -0.416 e. The fourth-order valence-corrected chi connectivity index (χ4v) is 10.2. The van der Waals surface area contributed by atoms with Gasteiger partial charge in [-0.1, -0.05) is 86.6 Å². The van der Waals surface area contributed by atoms with Gasteiger partial charge < -0.3 is 9.57 Å². The van der Waals surface area contributed by atoms with Gasteiger partial charge in [0.2, 0.25) is 0 Å². The highest BCUT2D eigenvalue weighted by Gasteiger charge is 2.70. The van der Waals surface area contributed by atoms with Gasteiger partial charge in [-0.25, -0.2) is 0 Å². The fraction of sp³-hybridized carbons (Fsp3) is 0.906. The average Bonchev–Trinajstić information content (AvgIpc) is 3.05. The summed E-state index contributed by atoms with van der Waals surface area (Å²) >= 11 is 0. The number of fused-ring (bicyclic) bond motifs is 4. The largest absolute Gasteiger partial charge is 0.416 e. The zero-order chi connectivity index (χ0) is 27.4. The van der Waals surface area contributed by atoms with E-state index in [2.05, 4.69) is 60.7 Å². The molecule has 5 nitrogen and oxygen atoms in total. The van der Waals surface area contributed by atoms with Crippen molar-refractivity contribution in [2.24, 2.45) is 50.7 Å². The van der Waals surface area contributed by atoms with Crippen LogP contribution in [-0.4, -0.2) is 11.8 Å². The van der Waals surface area contributed by atoms with Gasteiger partial charge in [-0.05, 0) is 78.4 Å². The Morgan fingerprint density at radius 3 is 2.35 bits per heavy atom. The summed E-state index contributed by atoms with van der Waals surface area (Å²) in [5, 5.41) is 3.00. The second kappa shape index (κ2) is 9.66. The number of hydrogen-bond acceptors (Lipinski definition) is 5. The van der Waals surface area contributed by atoms with Crippen molar-refractivity contribution in [1.82, 2.24) is 0 Å². The third-order valence-corrected chi connectivity index (χ3v) is 12.2. The summed E-state index contributed by atoms with van der Waals surface area (Å²) in [6, 6.07) is 0. The molecule has 4 rings (SSSR count). The van der Waals surface area contributed by atoms with Crippen LogP contribution >= 0.6 is 0 Å². The van der Waals surface area contributed by atoms with E-state index in [0.29, 0.717) is 18.3 Å². The van der Waals surface area contributed by atoms with Crippen LogP contribution in [0.25, 0.3) is 0 Å². The number of carbonyl (C=O) groups excluding carboxylic acids is 1. The van der Waals surface area contributed by atoms with Crippen molar-refractivity contribution in [2.45, 2.75) is 139 Å². The quantitative estimate of drug-likeness (QED) is 0.106. The Morgan fingerprint density at radius 2 is 1.73 bits per heavy atom. The summed E-state index contributed by atoms with van der Waals surface area (Å²) in [6.07, 6.45) is 12.2. The molecule has 4 aliphatic carbocycles. The molecular formula is C32H53NO4. The third-order valence-electron chi connectivity index (χ3n) is 12.2. The smallest absolute Gasteiger partial charge is 0.306 e. The standard InChI is InChI=1S/C32H53NO4/c1-21(2)12-10-13-22(3)24-14-19-31(9)27-25(15-18-30(24,31)8)29(7)17-11-16-28(5,6)26(29)20-32(27,37-33-35)36-23(4)34/h21-22,24,26H,10-20H2,1-9H3/t22-,24-,26+,29-,30-,31+,32+/m1/s1. The van der Waals surface area contributed by atoms with E-state index in [1.165, 1.54) is 44.6 Å². The lowest BCUT2D eigenvalue weighted by Crippen LogP contribution is -2.61. The highest BCUT2D eigenvalue weighted by atomic mass is 16.8. The summed E-state index contributed by atoms with van der Waals surface area (Å²) in [4.78, 5) is 30.3. The van der Waals surface area contributed by atoms with Gasteiger partial charge in [-0.3, -0.25) is 4.79 Å². The molecule has 4 aliphatic rings. The summed E-state index contributed by atoms with van der Waals surface area (Å²) in [6.45, 7) is 20.5. The topological polar surface area (TPSA) is 65.0 Å². The van der Waals surface area contributed by atoms with E-state index < -0.39 is 11.8 Å². The Hall–Kier alpha value is -1.39. The van der Waals surface area contributed by atoms with Crippen molar-refractivity contribution in [2.75, 3.05) is 0 Å². The van der Waals surface area contributed by atoms with E-state index in [9.17, 15) is 9.70 Å². The van der Waals surface area contributed by atoms with Crippen LogP contribution in [0.2, 0.25) is 0 Å². The lowest BCUT2D eigenvalue weighted by Gasteiger charge is -2.63. The van der Waals surface area contributed by atoms with Gasteiger partial charge in [0.1, 0.15) is 0 Å². The maximum Gasteiger partial charge on any atom is 0.306 e. The molecule has 5 heteroatoms. The van der Waals surface area contributed by atoms with Crippen LogP contribution in [0.4, 0.5) is 0 Å². The molecule has 37 heavy (non-hydrogen) atoms. The van der Waals surface area contributed by atoms with Crippen LogP contribution in [0.1, 0.15) is 133 Å². The second-order valence-corrected chi connectivity index (χ2v) is 15.1. The van der Waals surface area contributed by atoms with Crippen molar-refractivity contribution in [3.8, 4) is 0 Å². The van der Waals surface area contributed by atoms with Crippen molar-refractivity contribution in [1.29, 1.82) is 0 Å². The van der Waals surface area contributed by atoms with E-state index in [1.54, 1.807) is 0 Å². The summed E-state index contributed by atoms with van der Waals surface area (Å²) in [7, 11) is 0. The second-order valence-electron chi connectivity index (χ2n) is 15.1. The first-order valence-electron chi connectivity index (χ1n) is 15.1. The number of rotatable bonds is 8. The van der Waals surface area contributed by atoms with E-state index >= 15 is 0 Å². The summed E-state index contributed by atoms with van der Waals surface area (Å²) in [5.41, 5.74) is 2.47. The molecule has 0 radical (unpaired) electrons. The van der Waals surface area contributed by atoms with E-state index in [1.807, 2.05) is 0 Å². The van der Waals surface area contributed by atoms with Gasteiger partial charge in [-0.2, -0.15) is 0 Å². The number of hydrogen-bond donors (Lipinski definition) is 0. The van der Waals surface area contributed by atoms with Gasteiger partial charge in [0.25, 0.3) is 0 Å². The summed E-state index contributed by atoms with van der Waals surface area (Å²) in [5.74, 6) is 0.446. The third kappa shape index (κ3) is 4.39. The van der Waals surface area contributed by atoms with E-state index in [0.717, 1.165) is 43.6 Å². The maximum atomic E-state index is 12.6. The Balaban J connectivity index is 1.85. The average molecular weight is 516 g/mol. The molecule has 0 spiro atoms. The molecule has 0 bridgehead atoms. The molecule has 0 aromatic heterocycles. The predicted octanol–water partition coefficient (Wildman–Crippen LogP) is 9.16. The molecule has 0 saturated heterocycles. The molecule has 0 N–H and O–H groups in total. The van der Waals surface area contributed by atoms with Crippen LogP contribution in [-0.2, 0) is 14.4 Å². The lowest BCUT2D eigenvalue weighted by molar-refractivity contribution is -0.249. The Kier molecular flexibility index (Phi) is 7.47. The van der Waals surface area contributed by atoms with Crippen molar-refractivity contribution in [3.05, 3.63) is 16.1 Å². The minimum absolute atomic E-state index is 0.0261. The van der Waals surface area contributed by atoms with Crippen molar-refractivity contribution in [3.63, 3.8) is 0 Å². The number of ether oxygens (including phenoxy) is 1. The lowest BCUT2D eigenvalue weighted by atomic mass is 9.42. The molecule has 210 valence electrons. The Morgan fingerprint density at radius 1 is 1.03 bits per heavy atom. The first-order valence-corrected chi connectivity index (χ1v) is 15.1. The summed E-state index contributed by atoms with van der Waals surface area (Å²) < 4.78 is 6.17. The molecule has 0 amide bonds. The van der Waals surface area contributed by atoms with Crippen molar-refractivity contribution < 1.29 is 14.4 Å². The maximum absolute atomic E-state index is 12.6. The fourth-order valence-electron chi connectivity index (χ4n) is 10.2. The minimum atomic E-state index is -1.39. The number of nitrogens with zero attached hydrogens (tertiary/aromatic N) is 1. The van der Waals surface area contributed by atoms with Gasteiger partial charge in [-0.15, -0.1) is 4.91 Å². The molecule has 0 unspecified atom stereocenters. The number of carbonyl (C=O) groups is 1. The number of esters is 1. The van der Waals surface area contributed by atoms with Crippen molar-refractivity contribution >= 4 is 5.97 Å². The Labute approximate surface area is 225 Å². The Bertz CT molecular complexity index is 939. The molecular weight excluding hydrogens is 462 g/mol. The molecule has 0 aliphatic heterocycles. The molecule has 0 aromatic carbocycles. The predicted molar refractivity (Wildman–Crippen MR) is 148 cm³/mol. The van der Waals surface area contributed by atoms with Gasteiger partial charge in [0.15, 0.2) is 5.34 Å². The first kappa shape index (κ1) is 28.6. The van der Waals surface area contributed by atoms with E-state index in [4.69, 9.17) is 9.57 Å². The van der Waals surface area contributed by atoms with Crippen LogP contribution in [0.5, 0.6) is 0 Å². The zero-order valence-electron chi connectivity index (χ0n) is 25.2. The van der Waals surface area contributed by atoms with Gasteiger partial charge >= 0.3 is 11.8 Å². The molecule has 0 heterocycles. The molecule has 2 fully saturated rings. The van der Waals surface area contributed by atoms with Crippen LogP contribution < -0.4 is 0 Å².